The van der Waals surface area contributed by atoms with Gasteiger partial charge in [0, 0.05) is 27.1 Å². The predicted molar refractivity (Wildman–Crippen MR) is 112 cm³/mol. The van der Waals surface area contributed by atoms with Crippen molar-refractivity contribution >= 4 is 50.3 Å². The van der Waals surface area contributed by atoms with Crippen LogP contribution in [0.1, 0.15) is 17.3 Å². The minimum absolute atomic E-state index is 0.0828. The number of rotatable bonds is 5. The van der Waals surface area contributed by atoms with Gasteiger partial charge in [0.25, 0.3) is 5.56 Å². The Morgan fingerprint density at radius 2 is 2.04 bits per heavy atom. The first-order chi connectivity index (χ1) is 13.5. The van der Waals surface area contributed by atoms with E-state index in [1.54, 1.807) is 35.6 Å². The molecule has 0 aliphatic rings. The first-order valence-corrected chi connectivity index (χ1v) is 10.2. The number of ketones is 1. The summed E-state index contributed by atoms with van der Waals surface area (Å²) in [4.78, 5) is 42.8. The van der Waals surface area contributed by atoms with E-state index in [-0.39, 0.29) is 23.8 Å². The minimum atomic E-state index is -0.364. The number of Topliss-reactive ketones (excluding diaryl/α,β-unsaturated/α-hetero) is 1. The molecule has 3 heterocycles. The van der Waals surface area contributed by atoms with Crippen LogP contribution in [0.2, 0.25) is 0 Å². The third-order valence-electron chi connectivity index (χ3n) is 4.21. The fourth-order valence-electron chi connectivity index (χ4n) is 2.86. The molecule has 1 aromatic carbocycles. The first-order valence-electron chi connectivity index (χ1n) is 8.44. The molecular formula is C20H15N3O3S2. The number of fused-ring (bicyclic) bond motifs is 1. The molecule has 8 heteroatoms. The number of aromatic nitrogens is 2. The lowest BCUT2D eigenvalue weighted by Gasteiger charge is -2.08. The zero-order chi connectivity index (χ0) is 19.7. The van der Waals surface area contributed by atoms with Gasteiger partial charge in [0.15, 0.2) is 5.78 Å². The van der Waals surface area contributed by atoms with Crippen molar-refractivity contribution in [2.75, 3.05) is 5.32 Å². The lowest BCUT2D eigenvalue weighted by molar-refractivity contribution is -0.116. The first kappa shape index (κ1) is 18.3. The Morgan fingerprint density at radius 3 is 2.79 bits per heavy atom. The van der Waals surface area contributed by atoms with E-state index < -0.39 is 0 Å². The van der Waals surface area contributed by atoms with Crippen molar-refractivity contribution in [1.29, 1.82) is 0 Å². The molecule has 28 heavy (non-hydrogen) atoms. The van der Waals surface area contributed by atoms with Gasteiger partial charge in [0.1, 0.15) is 11.4 Å². The van der Waals surface area contributed by atoms with Crippen LogP contribution in [0.5, 0.6) is 0 Å². The molecule has 4 rings (SSSR count). The van der Waals surface area contributed by atoms with Crippen LogP contribution < -0.4 is 10.9 Å². The van der Waals surface area contributed by atoms with Crippen molar-refractivity contribution in [2.45, 2.75) is 13.5 Å². The maximum atomic E-state index is 12.9. The van der Waals surface area contributed by atoms with Gasteiger partial charge in [-0.05, 0) is 30.5 Å². The van der Waals surface area contributed by atoms with Crippen molar-refractivity contribution < 1.29 is 9.59 Å². The largest absolute Gasteiger partial charge is 0.325 e. The Bertz CT molecular complexity index is 1240. The van der Waals surface area contributed by atoms with Gasteiger partial charge >= 0.3 is 0 Å². The van der Waals surface area contributed by atoms with E-state index >= 15 is 0 Å². The minimum Gasteiger partial charge on any atom is -0.325 e. The average molecular weight is 409 g/mol. The fourth-order valence-corrected chi connectivity index (χ4v) is 4.59. The smallest absolute Gasteiger partial charge is 0.263 e. The summed E-state index contributed by atoms with van der Waals surface area (Å²) in [5.41, 5.74) is 1.62. The van der Waals surface area contributed by atoms with E-state index in [0.717, 1.165) is 10.4 Å². The second-order valence-electron chi connectivity index (χ2n) is 6.17. The number of anilines is 1. The van der Waals surface area contributed by atoms with Gasteiger partial charge in [-0.2, -0.15) is 0 Å². The van der Waals surface area contributed by atoms with Crippen LogP contribution in [-0.2, 0) is 11.3 Å². The van der Waals surface area contributed by atoms with Gasteiger partial charge in [0.2, 0.25) is 5.91 Å². The molecule has 140 valence electrons. The summed E-state index contributed by atoms with van der Waals surface area (Å²) in [6.07, 6.45) is 1.39. The number of hydrogen-bond donors (Lipinski definition) is 1. The molecule has 6 nitrogen and oxygen atoms in total. The predicted octanol–water partition coefficient (Wildman–Crippen LogP) is 4.03. The normalized spacial score (nSPS) is 10.9. The topological polar surface area (TPSA) is 81.1 Å². The molecule has 0 spiro atoms. The maximum absolute atomic E-state index is 12.9. The molecule has 3 aromatic heterocycles. The van der Waals surface area contributed by atoms with Gasteiger partial charge in [-0.3, -0.25) is 19.0 Å². The summed E-state index contributed by atoms with van der Waals surface area (Å²) in [5.74, 6) is -0.447. The van der Waals surface area contributed by atoms with Crippen molar-refractivity contribution in [3.8, 4) is 10.4 Å². The van der Waals surface area contributed by atoms with Gasteiger partial charge < -0.3 is 5.32 Å². The van der Waals surface area contributed by atoms with Crippen LogP contribution in [0.3, 0.4) is 0 Å². The highest BCUT2D eigenvalue weighted by Gasteiger charge is 2.15. The standard InChI is InChI=1S/C20H15N3O3S2/c1-12(24)13-4-2-5-14(8-13)22-17(25)9-23-11-21-19-18(20(23)26)15(10-28-19)16-6-3-7-27-16/h2-8,10-11H,9H2,1H3,(H,22,25). The summed E-state index contributed by atoms with van der Waals surface area (Å²) >= 11 is 2.96. The van der Waals surface area contributed by atoms with E-state index in [4.69, 9.17) is 0 Å². The molecule has 1 N–H and O–H groups in total. The van der Waals surface area contributed by atoms with Gasteiger partial charge in [0.05, 0.1) is 11.7 Å². The van der Waals surface area contributed by atoms with E-state index in [0.29, 0.717) is 21.5 Å². The number of thiophene rings is 2. The summed E-state index contributed by atoms with van der Waals surface area (Å²) in [6, 6.07) is 10.6. The van der Waals surface area contributed by atoms with E-state index in [9.17, 15) is 14.4 Å². The number of amides is 1. The highest BCUT2D eigenvalue weighted by molar-refractivity contribution is 7.18. The monoisotopic (exact) mass is 409 g/mol. The van der Waals surface area contributed by atoms with Crippen molar-refractivity contribution in [2.24, 2.45) is 0 Å². The van der Waals surface area contributed by atoms with Gasteiger partial charge in [-0.15, -0.1) is 22.7 Å². The molecule has 1 amide bonds. The Labute approximate surface area is 168 Å². The fraction of sp³-hybridized carbons (Fsp3) is 0.100. The molecule has 0 radical (unpaired) electrons. The van der Waals surface area contributed by atoms with Crippen molar-refractivity contribution in [1.82, 2.24) is 9.55 Å². The van der Waals surface area contributed by atoms with Crippen molar-refractivity contribution in [3.63, 3.8) is 0 Å². The summed E-state index contributed by atoms with van der Waals surface area (Å²) in [7, 11) is 0. The highest BCUT2D eigenvalue weighted by atomic mass is 32.1. The zero-order valence-electron chi connectivity index (χ0n) is 14.8. The third kappa shape index (κ3) is 3.51. The summed E-state index contributed by atoms with van der Waals surface area (Å²) in [5, 5.41) is 7.13. The molecule has 0 aliphatic heterocycles. The van der Waals surface area contributed by atoms with Gasteiger partial charge in [-0.25, -0.2) is 4.98 Å². The molecule has 0 atom stereocenters. The quantitative estimate of drug-likeness (QED) is 0.505. The summed E-state index contributed by atoms with van der Waals surface area (Å²) in [6.45, 7) is 1.30. The molecule has 0 saturated carbocycles. The number of hydrogen-bond acceptors (Lipinski definition) is 6. The van der Waals surface area contributed by atoms with Crippen LogP contribution in [0, 0.1) is 0 Å². The van der Waals surface area contributed by atoms with Crippen LogP contribution >= 0.6 is 22.7 Å². The second kappa shape index (κ2) is 7.49. The van der Waals surface area contributed by atoms with E-state index in [1.807, 2.05) is 22.9 Å². The van der Waals surface area contributed by atoms with Crippen LogP contribution in [0.25, 0.3) is 20.7 Å². The molecule has 4 aromatic rings. The number of nitrogens with one attached hydrogen (secondary N) is 1. The van der Waals surface area contributed by atoms with Crippen LogP contribution in [0.4, 0.5) is 5.69 Å². The number of carbonyl (C=O) groups excluding carboxylic acids is 2. The molecule has 0 unspecified atom stereocenters. The third-order valence-corrected chi connectivity index (χ3v) is 6.00. The highest BCUT2D eigenvalue weighted by Crippen LogP contribution is 2.33. The SMILES string of the molecule is CC(=O)c1cccc(NC(=O)Cn2cnc3scc(-c4cccs4)c3c2=O)c1. The summed E-state index contributed by atoms with van der Waals surface area (Å²) < 4.78 is 1.30. The number of nitrogens with zero attached hydrogens (tertiary/aromatic N) is 2. The van der Waals surface area contributed by atoms with Crippen molar-refractivity contribution in [3.05, 3.63) is 69.4 Å². The lowest BCUT2D eigenvalue weighted by atomic mass is 10.1. The van der Waals surface area contributed by atoms with Gasteiger partial charge in [-0.1, -0.05) is 18.2 Å². The molecule has 0 bridgehead atoms. The maximum Gasteiger partial charge on any atom is 0.263 e. The van der Waals surface area contributed by atoms with E-state index in [1.165, 1.54) is 29.2 Å². The van der Waals surface area contributed by atoms with Crippen LogP contribution in [-0.4, -0.2) is 21.2 Å². The Morgan fingerprint density at radius 1 is 1.18 bits per heavy atom. The average Bonchev–Trinajstić information content (AvgIpc) is 3.33. The lowest BCUT2D eigenvalue weighted by Crippen LogP contribution is -2.27. The second-order valence-corrected chi connectivity index (χ2v) is 7.98. The molecule has 0 fully saturated rings. The van der Waals surface area contributed by atoms with E-state index in [2.05, 4.69) is 10.3 Å². The molecular weight excluding hydrogens is 394 g/mol. The number of carbonyl (C=O) groups is 2. The molecule has 0 aliphatic carbocycles. The molecule has 0 saturated heterocycles. The Balaban J connectivity index is 1.61. The Kier molecular flexibility index (Phi) is 4.89. The zero-order valence-corrected chi connectivity index (χ0v) is 16.5. The van der Waals surface area contributed by atoms with Crippen LogP contribution in [0.15, 0.2) is 58.3 Å². The Hall–Kier alpha value is -3.10. The number of benzene rings is 1.